The van der Waals surface area contributed by atoms with Crippen LogP contribution in [0.15, 0.2) is 48.5 Å². The van der Waals surface area contributed by atoms with Crippen molar-refractivity contribution >= 4 is 33.0 Å². The van der Waals surface area contributed by atoms with Crippen molar-refractivity contribution in [2.75, 3.05) is 22.8 Å². The Morgan fingerprint density at radius 3 is 2.54 bits per heavy atom. The van der Waals surface area contributed by atoms with E-state index in [1.165, 1.54) is 0 Å². The molecule has 0 amide bonds. The summed E-state index contributed by atoms with van der Waals surface area (Å²) in [7, 11) is -3.54. The third kappa shape index (κ3) is 4.69. The highest BCUT2D eigenvalue weighted by Crippen LogP contribution is 2.25. The molecule has 7 heteroatoms. The van der Waals surface area contributed by atoms with Crippen LogP contribution in [0.4, 0.5) is 11.4 Å². The van der Waals surface area contributed by atoms with Crippen LogP contribution in [0.1, 0.15) is 19.4 Å². The van der Waals surface area contributed by atoms with Crippen molar-refractivity contribution in [3.63, 3.8) is 0 Å². The van der Waals surface area contributed by atoms with E-state index in [4.69, 9.17) is 16.3 Å². The summed E-state index contributed by atoms with van der Waals surface area (Å²) in [5.74, 6) is -0.160. The highest BCUT2D eigenvalue weighted by atomic mass is 35.5. The van der Waals surface area contributed by atoms with E-state index in [0.717, 1.165) is 12.2 Å². The van der Waals surface area contributed by atoms with Crippen LogP contribution in [0.2, 0.25) is 5.02 Å². The molecule has 1 heterocycles. The largest absolute Gasteiger partial charge is 0.375 e. The first-order chi connectivity index (χ1) is 12.3. The molecule has 2 aromatic carbocycles. The Bertz CT molecular complexity index is 855. The first-order valence-electron chi connectivity index (χ1n) is 8.56. The summed E-state index contributed by atoms with van der Waals surface area (Å²) in [6, 6.07) is 14.7. The minimum Gasteiger partial charge on any atom is -0.375 e. The second-order valence-corrected chi connectivity index (χ2v) is 8.77. The fourth-order valence-electron chi connectivity index (χ4n) is 3.02. The van der Waals surface area contributed by atoms with Gasteiger partial charge in [-0.05, 0) is 49.7 Å². The van der Waals surface area contributed by atoms with Gasteiger partial charge in [-0.2, -0.15) is 0 Å². The van der Waals surface area contributed by atoms with E-state index in [9.17, 15) is 8.42 Å². The smallest absolute Gasteiger partial charge is 0.236 e. The number of benzene rings is 2. The van der Waals surface area contributed by atoms with Gasteiger partial charge in [-0.25, -0.2) is 8.42 Å². The monoisotopic (exact) mass is 394 g/mol. The quantitative estimate of drug-likeness (QED) is 0.835. The molecule has 0 aliphatic carbocycles. The molecule has 1 aliphatic rings. The molecule has 1 saturated heterocycles. The van der Waals surface area contributed by atoms with Crippen molar-refractivity contribution in [3.8, 4) is 0 Å². The first kappa shape index (κ1) is 19.0. The summed E-state index contributed by atoms with van der Waals surface area (Å²) in [5.41, 5.74) is 2.17. The van der Waals surface area contributed by atoms with Crippen LogP contribution < -0.4 is 9.62 Å². The lowest BCUT2D eigenvalue weighted by Crippen LogP contribution is -2.47. The first-order valence-corrected chi connectivity index (χ1v) is 10.6. The molecule has 1 N–H and O–H groups in total. The Kier molecular flexibility index (Phi) is 5.75. The normalized spacial score (nSPS) is 20.8. The molecule has 3 rings (SSSR count). The zero-order valence-electron chi connectivity index (χ0n) is 14.9. The van der Waals surface area contributed by atoms with Gasteiger partial charge in [0.05, 0.1) is 18.5 Å². The topological polar surface area (TPSA) is 58.6 Å². The number of hydrogen-bond donors (Lipinski definition) is 1. The van der Waals surface area contributed by atoms with Crippen molar-refractivity contribution in [2.24, 2.45) is 0 Å². The highest BCUT2D eigenvalue weighted by molar-refractivity contribution is 7.91. The molecule has 0 radical (unpaired) electrons. The molecule has 0 aromatic heterocycles. The number of sulfonamides is 1. The van der Waals surface area contributed by atoms with Crippen LogP contribution in [-0.4, -0.2) is 33.7 Å². The molecular formula is C19H23ClN2O3S. The average molecular weight is 395 g/mol. The van der Waals surface area contributed by atoms with E-state index in [0.29, 0.717) is 22.9 Å². The summed E-state index contributed by atoms with van der Waals surface area (Å²) < 4.78 is 33.1. The van der Waals surface area contributed by atoms with Crippen LogP contribution in [0.25, 0.3) is 0 Å². The van der Waals surface area contributed by atoms with Gasteiger partial charge in [0.2, 0.25) is 10.0 Å². The molecule has 0 bridgehead atoms. The molecule has 1 fully saturated rings. The lowest BCUT2D eigenvalue weighted by Gasteiger charge is -2.38. The maximum Gasteiger partial charge on any atom is 0.236 e. The maximum atomic E-state index is 12.4. The Balaban J connectivity index is 1.69. The van der Waals surface area contributed by atoms with Crippen molar-refractivity contribution in [2.45, 2.75) is 31.7 Å². The van der Waals surface area contributed by atoms with Gasteiger partial charge in [-0.15, -0.1) is 0 Å². The van der Waals surface area contributed by atoms with Crippen LogP contribution in [0, 0.1) is 0 Å². The number of nitrogens with one attached hydrogen (secondary N) is 1. The summed E-state index contributed by atoms with van der Waals surface area (Å²) in [6.07, 6.45) is 0.181. The van der Waals surface area contributed by atoms with Gasteiger partial charge in [0, 0.05) is 29.0 Å². The Morgan fingerprint density at radius 1 is 1.15 bits per heavy atom. The minimum atomic E-state index is -3.54. The predicted molar refractivity (Wildman–Crippen MR) is 106 cm³/mol. The fourth-order valence-corrected chi connectivity index (χ4v) is 4.53. The standard InChI is InChI=1S/C19H23ClN2O3S/c1-14-12-25-15(2)11-22(14)18-9-7-17(8-10-18)21-26(23,24)13-16-5-3-4-6-19(16)20/h3-10,14-15,21H,11-13H2,1-2H3. The van der Waals surface area contributed by atoms with Gasteiger partial charge in [0.1, 0.15) is 0 Å². The van der Waals surface area contributed by atoms with E-state index in [1.54, 1.807) is 36.4 Å². The van der Waals surface area contributed by atoms with Gasteiger partial charge in [0.15, 0.2) is 0 Å². The van der Waals surface area contributed by atoms with Gasteiger partial charge in [-0.3, -0.25) is 4.72 Å². The third-order valence-electron chi connectivity index (χ3n) is 4.38. The average Bonchev–Trinajstić information content (AvgIpc) is 2.59. The Morgan fingerprint density at radius 2 is 1.85 bits per heavy atom. The highest BCUT2D eigenvalue weighted by Gasteiger charge is 2.23. The van der Waals surface area contributed by atoms with Crippen LogP contribution in [0.5, 0.6) is 0 Å². The zero-order chi connectivity index (χ0) is 18.7. The molecule has 5 nitrogen and oxygen atoms in total. The van der Waals surface area contributed by atoms with Gasteiger partial charge >= 0.3 is 0 Å². The zero-order valence-corrected chi connectivity index (χ0v) is 16.4. The van der Waals surface area contributed by atoms with Crippen molar-refractivity contribution in [1.29, 1.82) is 0 Å². The second-order valence-electron chi connectivity index (χ2n) is 6.64. The summed E-state index contributed by atoms with van der Waals surface area (Å²) in [4.78, 5) is 2.27. The third-order valence-corrected chi connectivity index (χ3v) is 5.99. The van der Waals surface area contributed by atoms with E-state index in [-0.39, 0.29) is 17.9 Å². The van der Waals surface area contributed by atoms with E-state index >= 15 is 0 Å². The van der Waals surface area contributed by atoms with E-state index in [2.05, 4.69) is 23.5 Å². The summed E-state index contributed by atoms with van der Waals surface area (Å²) in [6.45, 7) is 5.67. The van der Waals surface area contributed by atoms with Crippen molar-refractivity contribution in [1.82, 2.24) is 0 Å². The van der Waals surface area contributed by atoms with Crippen LogP contribution in [0.3, 0.4) is 0 Å². The molecule has 2 atom stereocenters. The second kappa shape index (κ2) is 7.86. The Labute approximate surface area is 160 Å². The molecule has 0 spiro atoms. The van der Waals surface area contributed by atoms with Gasteiger partial charge in [-0.1, -0.05) is 29.8 Å². The molecular weight excluding hydrogens is 372 g/mol. The number of nitrogens with zero attached hydrogens (tertiary/aromatic N) is 1. The number of halogens is 1. The molecule has 140 valence electrons. The van der Waals surface area contributed by atoms with Crippen LogP contribution >= 0.6 is 11.6 Å². The number of rotatable bonds is 5. The van der Waals surface area contributed by atoms with Gasteiger partial charge in [0.25, 0.3) is 0 Å². The molecule has 1 aliphatic heterocycles. The van der Waals surface area contributed by atoms with Gasteiger partial charge < -0.3 is 9.64 Å². The molecule has 26 heavy (non-hydrogen) atoms. The fraction of sp³-hybridized carbons (Fsp3) is 0.368. The Hall–Kier alpha value is -1.76. The lowest BCUT2D eigenvalue weighted by atomic mass is 10.1. The van der Waals surface area contributed by atoms with Crippen LogP contribution in [-0.2, 0) is 20.5 Å². The SMILES string of the molecule is CC1CN(c2ccc(NS(=O)(=O)Cc3ccccc3Cl)cc2)C(C)CO1. The molecule has 2 aromatic rings. The number of ether oxygens (including phenoxy) is 1. The summed E-state index contributed by atoms with van der Waals surface area (Å²) >= 11 is 6.06. The summed E-state index contributed by atoms with van der Waals surface area (Å²) in [5, 5.41) is 0.448. The van der Waals surface area contributed by atoms with Crippen molar-refractivity contribution in [3.05, 3.63) is 59.1 Å². The molecule has 2 unspecified atom stereocenters. The maximum absolute atomic E-state index is 12.4. The number of anilines is 2. The van der Waals surface area contributed by atoms with Crippen molar-refractivity contribution < 1.29 is 13.2 Å². The number of hydrogen-bond acceptors (Lipinski definition) is 4. The van der Waals surface area contributed by atoms with E-state index in [1.807, 2.05) is 12.1 Å². The lowest BCUT2D eigenvalue weighted by molar-refractivity contribution is 0.0344. The van der Waals surface area contributed by atoms with E-state index < -0.39 is 10.0 Å². The predicted octanol–water partition coefficient (Wildman–Crippen LogP) is 3.90. The minimum absolute atomic E-state index is 0.160. The molecule has 0 saturated carbocycles. The number of morpholine rings is 1.